The Morgan fingerprint density at radius 3 is 2.80 bits per heavy atom. The van der Waals surface area contributed by atoms with Crippen LogP contribution in [0.25, 0.3) is 0 Å². The average molecular weight is 296 g/mol. The van der Waals surface area contributed by atoms with Crippen molar-refractivity contribution >= 4 is 23.2 Å². The van der Waals surface area contributed by atoms with Crippen molar-refractivity contribution in [2.75, 3.05) is 19.0 Å². The molecule has 1 rings (SSSR count). The maximum Gasteiger partial charge on any atom is 0.256 e. The molecular formula is C15H18ClNO3. The molecule has 0 fully saturated rings. The first kappa shape index (κ1) is 16.5. The lowest BCUT2D eigenvalue weighted by Crippen LogP contribution is -2.38. The van der Waals surface area contributed by atoms with Crippen molar-refractivity contribution in [3.8, 4) is 11.8 Å². The number of halogens is 1. The van der Waals surface area contributed by atoms with Crippen LogP contribution in [0, 0.1) is 11.8 Å². The number of amides is 1. The number of aliphatic hydroxyl groups is 1. The van der Waals surface area contributed by atoms with E-state index in [1.165, 1.54) is 7.11 Å². The molecule has 0 atom stereocenters. The first-order valence-electron chi connectivity index (χ1n) is 6.16. The largest absolute Gasteiger partial charge is 0.395 e. The third-order valence-corrected chi connectivity index (χ3v) is 2.98. The number of ether oxygens (including phenoxy) is 1. The van der Waals surface area contributed by atoms with Crippen LogP contribution in [0.4, 0.5) is 5.69 Å². The fourth-order valence-corrected chi connectivity index (χ4v) is 1.48. The number of nitrogens with one attached hydrogen (secondary N) is 1. The van der Waals surface area contributed by atoms with E-state index in [2.05, 4.69) is 17.2 Å². The van der Waals surface area contributed by atoms with Gasteiger partial charge in [0.1, 0.15) is 5.60 Å². The van der Waals surface area contributed by atoms with Crippen molar-refractivity contribution in [3.63, 3.8) is 0 Å². The van der Waals surface area contributed by atoms with Crippen molar-refractivity contribution in [1.29, 1.82) is 0 Å². The zero-order chi connectivity index (χ0) is 15.2. The van der Waals surface area contributed by atoms with Crippen LogP contribution >= 0.6 is 11.6 Å². The zero-order valence-electron chi connectivity index (χ0n) is 11.8. The molecule has 0 saturated carbocycles. The van der Waals surface area contributed by atoms with Crippen LogP contribution in [-0.2, 0) is 9.53 Å². The number of benzene rings is 1. The molecule has 0 radical (unpaired) electrons. The highest BCUT2D eigenvalue weighted by atomic mass is 35.5. The lowest BCUT2D eigenvalue weighted by Gasteiger charge is -2.22. The van der Waals surface area contributed by atoms with Crippen LogP contribution in [0.1, 0.15) is 25.8 Å². The second-order valence-electron chi connectivity index (χ2n) is 4.63. The van der Waals surface area contributed by atoms with Crippen molar-refractivity contribution in [3.05, 3.63) is 28.8 Å². The van der Waals surface area contributed by atoms with Crippen LogP contribution in [-0.4, -0.2) is 30.3 Å². The van der Waals surface area contributed by atoms with Crippen LogP contribution in [0.2, 0.25) is 5.02 Å². The van der Waals surface area contributed by atoms with Gasteiger partial charge in [0, 0.05) is 24.1 Å². The summed E-state index contributed by atoms with van der Waals surface area (Å²) in [6, 6.07) is 5.03. The van der Waals surface area contributed by atoms with Crippen LogP contribution in [0.5, 0.6) is 0 Å². The predicted molar refractivity (Wildman–Crippen MR) is 79.8 cm³/mol. The minimum Gasteiger partial charge on any atom is -0.395 e. The maximum atomic E-state index is 12.1. The molecule has 1 amide bonds. The van der Waals surface area contributed by atoms with E-state index in [4.69, 9.17) is 21.4 Å². The molecule has 20 heavy (non-hydrogen) atoms. The molecule has 0 aliphatic heterocycles. The molecule has 1 aromatic rings. The minimum atomic E-state index is -0.935. The molecule has 4 nitrogen and oxygen atoms in total. The average Bonchev–Trinajstić information content (AvgIpc) is 2.41. The molecule has 1 aromatic carbocycles. The number of carbonyl (C=O) groups is 1. The predicted octanol–water partition coefficient (Wildman–Crippen LogP) is 2.44. The maximum absolute atomic E-state index is 12.1. The highest BCUT2D eigenvalue weighted by molar-refractivity contribution is 6.30. The van der Waals surface area contributed by atoms with Crippen LogP contribution in [0.3, 0.4) is 0 Å². The van der Waals surface area contributed by atoms with E-state index in [9.17, 15) is 4.79 Å². The van der Waals surface area contributed by atoms with Gasteiger partial charge in [0.05, 0.1) is 12.3 Å². The highest BCUT2D eigenvalue weighted by Gasteiger charge is 2.27. The molecule has 0 aliphatic carbocycles. The lowest BCUT2D eigenvalue weighted by atomic mass is 10.1. The van der Waals surface area contributed by atoms with Crippen molar-refractivity contribution < 1.29 is 14.6 Å². The number of aliphatic hydroxyl groups excluding tert-OH is 1. The number of carbonyl (C=O) groups excluding carboxylic acids is 1. The Morgan fingerprint density at radius 2 is 2.20 bits per heavy atom. The summed E-state index contributed by atoms with van der Waals surface area (Å²) < 4.78 is 5.13. The first-order valence-corrected chi connectivity index (χ1v) is 6.54. The zero-order valence-corrected chi connectivity index (χ0v) is 12.5. The topological polar surface area (TPSA) is 58.6 Å². The van der Waals surface area contributed by atoms with E-state index >= 15 is 0 Å². The van der Waals surface area contributed by atoms with Crippen molar-refractivity contribution in [2.24, 2.45) is 0 Å². The minimum absolute atomic E-state index is 0.00797. The van der Waals surface area contributed by atoms with E-state index < -0.39 is 5.60 Å². The number of anilines is 1. The third-order valence-electron chi connectivity index (χ3n) is 2.75. The lowest BCUT2D eigenvalue weighted by molar-refractivity contribution is -0.133. The number of hydrogen-bond acceptors (Lipinski definition) is 3. The molecular weight excluding hydrogens is 278 g/mol. The summed E-state index contributed by atoms with van der Waals surface area (Å²) in [6.07, 6.45) is 0.365. The van der Waals surface area contributed by atoms with Gasteiger partial charge in [-0.25, -0.2) is 0 Å². The molecule has 108 valence electrons. The molecule has 0 aromatic heterocycles. The number of methoxy groups -OCH3 is 1. The fraction of sp³-hybridized carbons (Fsp3) is 0.400. The SMILES string of the molecule is COC(C)(C)C(=O)Nc1ccc(Cl)cc1C#CCCO. The van der Waals surface area contributed by atoms with E-state index in [1.54, 1.807) is 32.0 Å². The Bertz CT molecular complexity index is 544. The fourth-order valence-electron chi connectivity index (χ4n) is 1.31. The van der Waals surface area contributed by atoms with Crippen molar-refractivity contribution in [1.82, 2.24) is 0 Å². The molecule has 2 N–H and O–H groups in total. The number of hydrogen-bond donors (Lipinski definition) is 2. The van der Waals surface area contributed by atoms with Gasteiger partial charge >= 0.3 is 0 Å². The normalized spacial score (nSPS) is 10.7. The second-order valence-corrected chi connectivity index (χ2v) is 5.07. The van der Waals surface area contributed by atoms with Crippen LogP contribution < -0.4 is 5.32 Å². The van der Waals surface area contributed by atoms with Gasteiger partial charge in [-0.3, -0.25) is 4.79 Å². The summed E-state index contributed by atoms with van der Waals surface area (Å²) in [4.78, 5) is 12.1. The van der Waals surface area contributed by atoms with Gasteiger partial charge in [-0.05, 0) is 32.0 Å². The summed E-state index contributed by atoms with van der Waals surface area (Å²) in [5.74, 6) is 5.41. The molecule has 0 aliphatic rings. The Balaban J connectivity index is 3.01. The highest BCUT2D eigenvalue weighted by Crippen LogP contribution is 2.21. The Morgan fingerprint density at radius 1 is 1.50 bits per heavy atom. The Labute approximate surface area is 124 Å². The molecule has 0 unspecified atom stereocenters. The van der Waals surface area contributed by atoms with Gasteiger partial charge in [-0.1, -0.05) is 23.4 Å². The van der Waals surface area contributed by atoms with Gasteiger partial charge in [0.2, 0.25) is 0 Å². The van der Waals surface area contributed by atoms with Gasteiger partial charge in [0.25, 0.3) is 5.91 Å². The Kier molecular flexibility index (Phi) is 6.03. The monoisotopic (exact) mass is 295 g/mol. The van der Waals surface area contributed by atoms with Crippen LogP contribution in [0.15, 0.2) is 18.2 Å². The molecule has 5 heteroatoms. The summed E-state index contributed by atoms with van der Waals surface area (Å²) >= 11 is 5.93. The standard InChI is InChI=1S/C15H18ClNO3/c1-15(2,20-3)14(19)17-13-8-7-12(16)10-11(13)6-4-5-9-18/h7-8,10,18H,5,9H2,1-3H3,(H,17,19). The van der Waals surface area contributed by atoms with Gasteiger partial charge in [-0.15, -0.1) is 0 Å². The third kappa shape index (κ3) is 4.53. The van der Waals surface area contributed by atoms with E-state index in [1.807, 2.05) is 0 Å². The smallest absolute Gasteiger partial charge is 0.256 e. The summed E-state index contributed by atoms with van der Waals surface area (Å²) in [5, 5.41) is 12.0. The number of rotatable bonds is 4. The summed E-state index contributed by atoms with van der Waals surface area (Å²) in [7, 11) is 1.48. The van der Waals surface area contributed by atoms with E-state index in [0.29, 0.717) is 22.7 Å². The van der Waals surface area contributed by atoms with E-state index in [0.717, 1.165) is 0 Å². The Hall–Kier alpha value is -1.54. The molecule has 0 spiro atoms. The van der Waals surface area contributed by atoms with Gasteiger partial charge in [0.15, 0.2) is 0 Å². The van der Waals surface area contributed by atoms with Crippen molar-refractivity contribution in [2.45, 2.75) is 25.9 Å². The molecule has 0 saturated heterocycles. The first-order chi connectivity index (χ1) is 9.40. The van der Waals surface area contributed by atoms with Gasteiger partial charge in [-0.2, -0.15) is 0 Å². The van der Waals surface area contributed by atoms with Gasteiger partial charge < -0.3 is 15.2 Å². The molecule has 0 heterocycles. The summed E-state index contributed by atoms with van der Waals surface area (Å²) in [6.45, 7) is 3.34. The quantitative estimate of drug-likeness (QED) is 0.839. The van der Waals surface area contributed by atoms with E-state index in [-0.39, 0.29) is 12.5 Å². The molecule has 0 bridgehead atoms. The second kappa shape index (κ2) is 7.30. The summed E-state index contributed by atoms with van der Waals surface area (Å²) in [5.41, 5.74) is 0.233.